The number of hydrogen-bond acceptors (Lipinski definition) is 4. The van der Waals surface area contributed by atoms with Crippen molar-refractivity contribution < 1.29 is 5.11 Å². The van der Waals surface area contributed by atoms with Gasteiger partial charge >= 0.3 is 0 Å². The first-order chi connectivity index (χ1) is 7.15. The number of aliphatic hydroxyl groups is 1. The summed E-state index contributed by atoms with van der Waals surface area (Å²) in [7, 11) is 0. The highest BCUT2D eigenvalue weighted by Gasteiger charge is 2.11. The van der Waals surface area contributed by atoms with Gasteiger partial charge in [0.25, 0.3) is 0 Å². The fourth-order valence-electron chi connectivity index (χ4n) is 1.48. The smallest absolute Gasteiger partial charge is 0.132 e. The molecule has 0 bridgehead atoms. The van der Waals surface area contributed by atoms with E-state index in [9.17, 15) is 0 Å². The molecule has 0 atom stereocenters. The average Bonchev–Trinajstić information content (AvgIpc) is 2.18. The minimum Gasteiger partial charge on any atom is -0.396 e. The molecule has 0 aliphatic rings. The van der Waals surface area contributed by atoms with E-state index in [-0.39, 0.29) is 6.61 Å². The summed E-state index contributed by atoms with van der Waals surface area (Å²) in [6, 6.07) is 2.35. The van der Waals surface area contributed by atoms with E-state index in [0.29, 0.717) is 6.04 Å². The first kappa shape index (κ1) is 11.9. The van der Waals surface area contributed by atoms with Crippen molar-refractivity contribution in [2.45, 2.75) is 33.2 Å². The largest absolute Gasteiger partial charge is 0.396 e. The highest BCUT2D eigenvalue weighted by molar-refractivity contribution is 5.39. The SMILES string of the molecule is Cc1cc(N(CCCO)C(C)C)ncn1. The Morgan fingerprint density at radius 3 is 2.67 bits per heavy atom. The summed E-state index contributed by atoms with van der Waals surface area (Å²) in [5.74, 6) is 0.936. The maximum Gasteiger partial charge on any atom is 0.132 e. The molecule has 0 spiro atoms. The fraction of sp³-hybridized carbons (Fsp3) is 0.636. The van der Waals surface area contributed by atoms with Gasteiger partial charge < -0.3 is 10.0 Å². The van der Waals surface area contributed by atoms with Gasteiger partial charge in [0.05, 0.1) is 0 Å². The maximum atomic E-state index is 8.84. The lowest BCUT2D eigenvalue weighted by atomic mass is 10.2. The summed E-state index contributed by atoms with van der Waals surface area (Å²) in [5.41, 5.74) is 0.967. The number of hydrogen-bond donors (Lipinski definition) is 1. The normalized spacial score (nSPS) is 10.7. The molecule has 0 aliphatic heterocycles. The molecule has 0 unspecified atom stereocenters. The van der Waals surface area contributed by atoms with Crippen molar-refractivity contribution in [3.05, 3.63) is 18.1 Å². The van der Waals surface area contributed by atoms with Gasteiger partial charge in [-0.2, -0.15) is 0 Å². The van der Waals surface area contributed by atoms with Gasteiger partial charge in [0.2, 0.25) is 0 Å². The van der Waals surface area contributed by atoms with E-state index < -0.39 is 0 Å². The number of rotatable bonds is 5. The van der Waals surface area contributed by atoms with Crippen molar-refractivity contribution >= 4 is 5.82 Å². The first-order valence-electron chi connectivity index (χ1n) is 5.31. The molecule has 0 amide bonds. The van der Waals surface area contributed by atoms with Gasteiger partial charge in [0.1, 0.15) is 12.1 Å². The Labute approximate surface area is 91.0 Å². The summed E-state index contributed by atoms with van der Waals surface area (Å²) < 4.78 is 0. The molecular weight excluding hydrogens is 190 g/mol. The van der Waals surface area contributed by atoms with E-state index in [0.717, 1.165) is 24.5 Å². The molecule has 4 heteroatoms. The van der Waals surface area contributed by atoms with Crippen LogP contribution in [-0.2, 0) is 0 Å². The summed E-state index contributed by atoms with van der Waals surface area (Å²) in [6.45, 7) is 7.23. The highest BCUT2D eigenvalue weighted by atomic mass is 16.3. The van der Waals surface area contributed by atoms with E-state index in [4.69, 9.17) is 5.11 Å². The Balaban J connectivity index is 2.79. The lowest BCUT2D eigenvalue weighted by Crippen LogP contribution is -2.33. The zero-order valence-corrected chi connectivity index (χ0v) is 9.64. The van der Waals surface area contributed by atoms with Crippen LogP contribution in [0.5, 0.6) is 0 Å². The molecule has 1 aromatic heterocycles. The lowest BCUT2D eigenvalue weighted by molar-refractivity contribution is 0.288. The molecule has 1 N–H and O–H groups in total. The third kappa shape index (κ3) is 3.47. The molecule has 15 heavy (non-hydrogen) atoms. The third-order valence-corrected chi connectivity index (χ3v) is 2.26. The van der Waals surface area contributed by atoms with Gasteiger partial charge in [-0.1, -0.05) is 0 Å². The molecule has 4 nitrogen and oxygen atoms in total. The number of aromatic nitrogens is 2. The Kier molecular flexibility index (Phi) is 4.49. The number of aliphatic hydroxyl groups excluding tert-OH is 1. The molecule has 0 fully saturated rings. The topological polar surface area (TPSA) is 49.2 Å². The van der Waals surface area contributed by atoms with Gasteiger partial charge in [0.15, 0.2) is 0 Å². The van der Waals surface area contributed by atoms with Crippen LogP contribution in [0, 0.1) is 6.92 Å². The van der Waals surface area contributed by atoms with Gasteiger partial charge in [-0.25, -0.2) is 9.97 Å². The van der Waals surface area contributed by atoms with Crippen LogP contribution in [0.3, 0.4) is 0 Å². The minimum absolute atomic E-state index is 0.216. The van der Waals surface area contributed by atoms with Crippen LogP contribution in [0.1, 0.15) is 26.0 Å². The number of nitrogens with zero attached hydrogens (tertiary/aromatic N) is 3. The molecule has 0 radical (unpaired) electrons. The number of anilines is 1. The molecule has 0 saturated carbocycles. The van der Waals surface area contributed by atoms with E-state index in [1.807, 2.05) is 13.0 Å². The molecular formula is C11H19N3O. The van der Waals surface area contributed by atoms with Gasteiger partial charge in [-0.05, 0) is 27.2 Å². The standard InChI is InChI=1S/C11H19N3O/c1-9(2)14(5-4-6-15)11-7-10(3)12-8-13-11/h7-9,15H,4-6H2,1-3H3. The van der Waals surface area contributed by atoms with Crippen molar-refractivity contribution in [1.29, 1.82) is 0 Å². The monoisotopic (exact) mass is 209 g/mol. The summed E-state index contributed by atoms with van der Waals surface area (Å²) in [6.07, 6.45) is 2.35. The molecule has 0 aliphatic carbocycles. The molecule has 1 aromatic rings. The quantitative estimate of drug-likeness (QED) is 0.796. The first-order valence-corrected chi connectivity index (χ1v) is 5.31. The second-order valence-electron chi connectivity index (χ2n) is 3.88. The second kappa shape index (κ2) is 5.66. The predicted molar refractivity (Wildman–Crippen MR) is 61.0 cm³/mol. The van der Waals surface area contributed by atoms with E-state index in [1.54, 1.807) is 6.33 Å². The van der Waals surface area contributed by atoms with Crippen LogP contribution >= 0.6 is 0 Å². The van der Waals surface area contributed by atoms with Gasteiger partial charge in [-0.3, -0.25) is 0 Å². The van der Waals surface area contributed by atoms with Crippen LogP contribution in [0.2, 0.25) is 0 Å². The van der Waals surface area contributed by atoms with Crippen LogP contribution < -0.4 is 4.90 Å². The van der Waals surface area contributed by atoms with Crippen LogP contribution in [0.25, 0.3) is 0 Å². The van der Waals surface area contributed by atoms with Crippen molar-refractivity contribution in [1.82, 2.24) is 9.97 Å². The third-order valence-electron chi connectivity index (χ3n) is 2.26. The summed E-state index contributed by atoms with van der Waals surface area (Å²) in [5, 5.41) is 8.84. The lowest BCUT2D eigenvalue weighted by Gasteiger charge is -2.27. The second-order valence-corrected chi connectivity index (χ2v) is 3.88. The maximum absolute atomic E-state index is 8.84. The van der Waals surface area contributed by atoms with E-state index in [2.05, 4.69) is 28.7 Å². The van der Waals surface area contributed by atoms with Crippen molar-refractivity contribution in [2.24, 2.45) is 0 Å². The summed E-state index contributed by atoms with van der Waals surface area (Å²) in [4.78, 5) is 10.5. The Morgan fingerprint density at radius 2 is 2.13 bits per heavy atom. The molecule has 0 saturated heterocycles. The Bertz CT molecular complexity index is 302. The van der Waals surface area contributed by atoms with Crippen molar-refractivity contribution in [3.63, 3.8) is 0 Å². The molecule has 1 heterocycles. The van der Waals surface area contributed by atoms with Gasteiger partial charge in [-0.15, -0.1) is 0 Å². The predicted octanol–water partition coefficient (Wildman–Crippen LogP) is 1.38. The van der Waals surface area contributed by atoms with Crippen LogP contribution in [0.4, 0.5) is 5.82 Å². The van der Waals surface area contributed by atoms with Gasteiger partial charge in [0, 0.05) is 31.0 Å². The fourth-order valence-corrected chi connectivity index (χ4v) is 1.48. The molecule has 84 valence electrons. The Morgan fingerprint density at radius 1 is 1.40 bits per heavy atom. The average molecular weight is 209 g/mol. The van der Waals surface area contributed by atoms with Crippen molar-refractivity contribution in [2.75, 3.05) is 18.1 Å². The highest BCUT2D eigenvalue weighted by Crippen LogP contribution is 2.14. The Hall–Kier alpha value is -1.16. The van der Waals surface area contributed by atoms with Crippen molar-refractivity contribution in [3.8, 4) is 0 Å². The van der Waals surface area contributed by atoms with Crippen LogP contribution in [0.15, 0.2) is 12.4 Å². The number of aryl methyl sites for hydroxylation is 1. The zero-order valence-electron chi connectivity index (χ0n) is 9.64. The summed E-state index contributed by atoms with van der Waals surface area (Å²) >= 11 is 0. The van der Waals surface area contributed by atoms with Crippen LogP contribution in [-0.4, -0.2) is 34.3 Å². The molecule has 0 aromatic carbocycles. The molecule has 1 rings (SSSR count). The minimum atomic E-state index is 0.216. The zero-order chi connectivity index (χ0) is 11.3. The van der Waals surface area contributed by atoms with E-state index >= 15 is 0 Å². The van der Waals surface area contributed by atoms with E-state index in [1.165, 1.54) is 0 Å².